The molecule has 0 radical (unpaired) electrons. The average Bonchev–Trinajstić information content (AvgIpc) is 3.11. The summed E-state index contributed by atoms with van der Waals surface area (Å²) >= 11 is 0. The number of carbonyl (C=O) groups excluding carboxylic acids is 3. The zero-order chi connectivity index (χ0) is 21.0. The molecule has 1 heterocycles. The summed E-state index contributed by atoms with van der Waals surface area (Å²) in [5.41, 5.74) is 6.67. The lowest BCUT2D eigenvalue weighted by atomic mass is 10.1. The molecule has 150 valence electrons. The molecular weight excluding hydrogens is 376 g/mol. The highest BCUT2D eigenvalue weighted by atomic mass is 16.6. The van der Waals surface area contributed by atoms with Crippen LogP contribution in [0.3, 0.4) is 0 Å². The fourth-order valence-corrected chi connectivity index (χ4v) is 3.14. The molecule has 2 N–H and O–H groups in total. The van der Waals surface area contributed by atoms with Gasteiger partial charge in [0.2, 0.25) is 17.7 Å². The van der Waals surface area contributed by atoms with E-state index in [0.29, 0.717) is 29.8 Å². The van der Waals surface area contributed by atoms with E-state index in [1.54, 1.807) is 17.0 Å². The summed E-state index contributed by atoms with van der Waals surface area (Å²) in [5, 5.41) is 10.8. The van der Waals surface area contributed by atoms with Crippen molar-refractivity contribution in [2.75, 3.05) is 18.1 Å². The lowest BCUT2D eigenvalue weighted by Crippen LogP contribution is -2.43. The van der Waals surface area contributed by atoms with Gasteiger partial charge in [0.1, 0.15) is 6.67 Å². The highest BCUT2D eigenvalue weighted by molar-refractivity contribution is 5.97. The Kier molecular flexibility index (Phi) is 5.87. The Hall–Kier alpha value is -3.75. The van der Waals surface area contributed by atoms with E-state index in [0.717, 1.165) is 6.42 Å². The molecule has 0 spiro atoms. The number of nitro groups is 1. The number of hydrogen-bond donors (Lipinski definition) is 1. The van der Waals surface area contributed by atoms with Gasteiger partial charge in [-0.25, -0.2) is 0 Å². The predicted molar refractivity (Wildman–Crippen MR) is 105 cm³/mol. The predicted octanol–water partition coefficient (Wildman–Crippen LogP) is 1.85. The molecule has 9 nitrogen and oxygen atoms in total. The summed E-state index contributed by atoms with van der Waals surface area (Å²) in [6.07, 6.45) is 1.20. The third kappa shape index (κ3) is 4.75. The van der Waals surface area contributed by atoms with Gasteiger partial charge in [-0.3, -0.25) is 29.4 Å². The number of nitrogens with zero attached hydrogens (tertiary/aromatic N) is 3. The lowest BCUT2D eigenvalue weighted by molar-refractivity contribution is -0.384. The van der Waals surface area contributed by atoms with Gasteiger partial charge >= 0.3 is 0 Å². The Morgan fingerprint density at radius 2 is 1.76 bits per heavy atom. The summed E-state index contributed by atoms with van der Waals surface area (Å²) < 4.78 is 0. The zero-order valence-corrected chi connectivity index (χ0v) is 15.6. The topological polar surface area (TPSA) is 127 Å². The normalized spacial score (nSPS) is 13.4. The van der Waals surface area contributed by atoms with Crippen molar-refractivity contribution in [2.24, 2.45) is 5.73 Å². The van der Waals surface area contributed by atoms with Crippen LogP contribution in [-0.4, -0.2) is 40.8 Å². The molecule has 9 heteroatoms. The molecule has 0 aromatic heterocycles. The van der Waals surface area contributed by atoms with Gasteiger partial charge in [0, 0.05) is 36.3 Å². The Morgan fingerprint density at radius 3 is 2.28 bits per heavy atom. The molecule has 3 rings (SSSR count). The first kappa shape index (κ1) is 20.0. The van der Waals surface area contributed by atoms with Crippen LogP contribution in [0.25, 0.3) is 0 Å². The van der Waals surface area contributed by atoms with Crippen molar-refractivity contribution >= 4 is 29.1 Å². The van der Waals surface area contributed by atoms with Crippen LogP contribution in [0.2, 0.25) is 0 Å². The van der Waals surface area contributed by atoms with Gasteiger partial charge in [0.15, 0.2) is 0 Å². The molecule has 1 aliphatic heterocycles. The van der Waals surface area contributed by atoms with Crippen LogP contribution in [0.1, 0.15) is 28.8 Å². The maximum absolute atomic E-state index is 13.0. The van der Waals surface area contributed by atoms with Gasteiger partial charge in [-0.15, -0.1) is 0 Å². The monoisotopic (exact) mass is 396 g/mol. The molecular formula is C20H20N4O5. The van der Waals surface area contributed by atoms with Gasteiger partial charge in [0.05, 0.1) is 11.3 Å². The third-order valence-corrected chi connectivity index (χ3v) is 4.75. The number of non-ortho nitro benzene ring substituents is 1. The Bertz CT molecular complexity index is 940. The lowest BCUT2D eigenvalue weighted by Gasteiger charge is -2.28. The third-order valence-electron chi connectivity index (χ3n) is 4.75. The van der Waals surface area contributed by atoms with Gasteiger partial charge in [-0.05, 0) is 36.2 Å². The number of primary amides is 1. The first-order chi connectivity index (χ1) is 13.8. The number of anilines is 1. The molecule has 1 fully saturated rings. The summed E-state index contributed by atoms with van der Waals surface area (Å²) in [4.78, 5) is 49.7. The molecule has 2 aromatic rings. The van der Waals surface area contributed by atoms with Crippen LogP contribution in [0, 0.1) is 10.1 Å². The molecule has 1 aliphatic rings. The first-order valence-electron chi connectivity index (χ1n) is 9.06. The number of likely N-dealkylation sites (tertiary alicyclic amines) is 1. The van der Waals surface area contributed by atoms with Crippen molar-refractivity contribution in [3.05, 3.63) is 69.8 Å². The second kappa shape index (κ2) is 8.51. The van der Waals surface area contributed by atoms with Crippen molar-refractivity contribution in [1.29, 1.82) is 0 Å². The van der Waals surface area contributed by atoms with Gasteiger partial charge in [0.25, 0.3) is 5.69 Å². The van der Waals surface area contributed by atoms with Crippen molar-refractivity contribution in [2.45, 2.75) is 19.3 Å². The van der Waals surface area contributed by atoms with Gasteiger partial charge < -0.3 is 10.6 Å². The van der Waals surface area contributed by atoms with E-state index in [1.807, 2.05) is 0 Å². The van der Waals surface area contributed by atoms with E-state index < -0.39 is 10.8 Å². The zero-order valence-electron chi connectivity index (χ0n) is 15.6. The second-order valence-electron chi connectivity index (χ2n) is 6.74. The van der Waals surface area contributed by atoms with E-state index in [-0.39, 0.29) is 30.6 Å². The molecule has 0 atom stereocenters. The smallest absolute Gasteiger partial charge is 0.269 e. The number of nitro benzene ring substituents is 1. The number of nitrogens with two attached hydrogens (primary N) is 1. The van der Waals surface area contributed by atoms with Crippen LogP contribution in [0.5, 0.6) is 0 Å². The van der Waals surface area contributed by atoms with Crippen molar-refractivity contribution < 1.29 is 19.3 Å². The first-order valence-corrected chi connectivity index (χ1v) is 9.06. The molecule has 0 aliphatic carbocycles. The maximum Gasteiger partial charge on any atom is 0.269 e. The minimum atomic E-state index is -0.574. The Balaban J connectivity index is 1.82. The molecule has 29 heavy (non-hydrogen) atoms. The molecule has 0 unspecified atom stereocenters. The van der Waals surface area contributed by atoms with E-state index >= 15 is 0 Å². The fourth-order valence-electron chi connectivity index (χ4n) is 3.14. The average molecular weight is 396 g/mol. The highest BCUT2D eigenvalue weighted by Crippen LogP contribution is 2.21. The van der Waals surface area contributed by atoms with Crippen LogP contribution in [-0.2, 0) is 16.0 Å². The molecule has 3 amide bonds. The van der Waals surface area contributed by atoms with E-state index in [1.165, 1.54) is 41.3 Å². The van der Waals surface area contributed by atoms with Crippen LogP contribution < -0.4 is 10.6 Å². The SMILES string of the molecule is NC(=O)c1ccc(N(CN2CCCC2=O)C(=O)Cc2ccc([N+](=O)[O-])cc2)cc1. The van der Waals surface area contributed by atoms with E-state index in [2.05, 4.69) is 0 Å². The number of hydrogen-bond acceptors (Lipinski definition) is 5. The molecule has 1 saturated heterocycles. The standard InChI is InChI=1S/C20H20N4O5/c21-20(27)15-5-9-16(10-6-15)23(13-22-11-1-2-18(22)25)19(26)12-14-3-7-17(8-4-14)24(28)29/h3-10H,1-2,11-13H2,(H2,21,27). The largest absolute Gasteiger partial charge is 0.366 e. The van der Waals surface area contributed by atoms with Crippen LogP contribution in [0.15, 0.2) is 48.5 Å². The molecule has 2 aromatic carbocycles. The molecule has 0 saturated carbocycles. The van der Waals surface area contributed by atoms with Crippen molar-refractivity contribution in [3.63, 3.8) is 0 Å². The summed E-state index contributed by atoms with van der Waals surface area (Å²) in [7, 11) is 0. The second-order valence-corrected chi connectivity index (χ2v) is 6.74. The van der Waals surface area contributed by atoms with Crippen LogP contribution >= 0.6 is 0 Å². The number of rotatable bonds is 7. The minimum Gasteiger partial charge on any atom is -0.366 e. The van der Waals surface area contributed by atoms with E-state index in [4.69, 9.17) is 5.73 Å². The number of carbonyl (C=O) groups is 3. The molecule has 0 bridgehead atoms. The Morgan fingerprint density at radius 1 is 1.10 bits per heavy atom. The van der Waals surface area contributed by atoms with Crippen molar-refractivity contribution in [3.8, 4) is 0 Å². The summed E-state index contributed by atoms with van der Waals surface area (Å²) in [6.45, 7) is 0.667. The quantitative estimate of drug-likeness (QED) is 0.564. The van der Waals surface area contributed by atoms with Crippen LogP contribution in [0.4, 0.5) is 11.4 Å². The minimum absolute atomic E-state index is 0.0115. The number of amides is 3. The highest BCUT2D eigenvalue weighted by Gasteiger charge is 2.26. The number of benzene rings is 2. The van der Waals surface area contributed by atoms with E-state index in [9.17, 15) is 24.5 Å². The maximum atomic E-state index is 13.0. The van der Waals surface area contributed by atoms with Crippen molar-refractivity contribution in [1.82, 2.24) is 4.90 Å². The van der Waals surface area contributed by atoms with Gasteiger partial charge in [-0.1, -0.05) is 12.1 Å². The van der Waals surface area contributed by atoms with Gasteiger partial charge in [-0.2, -0.15) is 0 Å². The summed E-state index contributed by atoms with van der Waals surface area (Å²) in [6, 6.07) is 12.0. The Labute approximate surface area is 166 Å². The fraction of sp³-hybridized carbons (Fsp3) is 0.250. The summed E-state index contributed by atoms with van der Waals surface area (Å²) in [5.74, 6) is -0.868.